The van der Waals surface area contributed by atoms with Crippen molar-refractivity contribution in [3.8, 4) is 17.2 Å². The third kappa shape index (κ3) is 4.24. The number of Topliss-reactive ketones (excluding diaryl/α,β-unsaturated/α-hetero) is 1. The second kappa shape index (κ2) is 10.4. The number of hydrogen-bond donors (Lipinski definition) is 0. The minimum Gasteiger partial charge on any atom is -0.497 e. The number of methoxy groups -OCH3 is 2. The van der Waals surface area contributed by atoms with Gasteiger partial charge in [-0.2, -0.15) is 0 Å². The maximum Gasteiger partial charge on any atom is 0.238 e. The van der Waals surface area contributed by atoms with Gasteiger partial charge in [0.2, 0.25) is 11.8 Å². The summed E-state index contributed by atoms with van der Waals surface area (Å²) >= 11 is 0. The number of fused-ring (bicyclic) bond motifs is 5. The van der Waals surface area contributed by atoms with E-state index >= 15 is 0 Å². The largest absolute Gasteiger partial charge is 0.497 e. The molecule has 6 rings (SSSR count). The predicted octanol–water partition coefficient (Wildman–Crippen LogP) is 5.73. The van der Waals surface area contributed by atoms with Gasteiger partial charge in [-0.1, -0.05) is 36.4 Å². The number of benzene rings is 3. The minimum absolute atomic E-state index is 0.149. The van der Waals surface area contributed by atoms with Crippen LogP contribution in [0.2, 0.25) is 0 Å². The van der Waals surface area contributed by atoms with E-state index in [0.29, 0.717) is 23.6 Å². The molecule has 41 heavy (non-hydrogen) atoms. The van der Waals surface area contributed by atoms with Crippen molar-refractivity contribution in [1.29, 1.82) is 0 Å². The molecule has 3 aromatic rings. The zero-order valence-electron chi connectivity index (χ0n) is 23.4. The van der Waals surface area contributed by atoms with Crippen molar-refractivity contribution in [2.75, 3.05) is 25.7 Å². The molecule has 7 nitrogen and oxygen atoms in total. The van der Waals surface area contributed by atoms with Crippen LogP contribution in [0.3, 0.4) is 0 Å². The number of ketones is 1. The highest BCUT2D eigenvalue weighted by Crippen LogP contribution is 2.59. The molecule has 2 fully saturated rings. The zero-order chi connectivity index (χ0) is 28.8. The molecule has 208 valence electrons. The molecule has 4 atom stereocenters. The molecule has 0 spiro atoms. The predicted molar refractivity (Wildman–Crippen MR) is 155 cm³/mol. The van der Waals surface area contributed by atoms with Crippen molar-refractivity contribution < 1.29 is 28.6 Å². The van der Waals surface area contributed by atoms with E-state index in [1.807, 2.05) is 55.5 Å². The van der Waals surface area contributed by atoms with Crippen LogP contribution in [0.15, 0.2) is 84.5 Å². The smallest absolute Gasteiger partial charge is 0.238 e. The van der Waals surface area contributed by atoms with Crippen LogP contribution in [-0.4, -0.2) is 38.4 Å². The number of imide groups is 1. The zero-order valence-corrected chi connectivity index (χ0v) is 23.4. The van der Waals surface area contributed by atoms with Crippen molar-refractivity contribution in [2.45, 2.75) is 13.8 Å². The number of hydrogen-bond acceptors (Lipinski definition) is 6. The van der Waals surface area contributed by atoms with Crippen molar-refractivity contribution in [2.24, 2.45) is 23.7 Å². The number of nitrogens with zero attached hydrogens (tertiary/aromatic N) is 1. The first-order valence-electron chi connectivity index (χ1n) is 13.7. The Labute approximate surface area is 239 Å². The van der Waals surface area contributed by atoms with E-state index in [1.54, 1.807) is 32.4 Å². The van der Waals surface area contributed by atoms with Crippen LogP contribution in [0.1, 0.15) is 35.3 Å². The van der Waals surface area contributed by atoms with E-state index in [4.69, 9.17) is 14.2 Å². The van der Waals surface area contributed by atoms with Crippen molar-refractivity contribution in [3.63, 3.8) is 0 Å². The van der Waals surface area contributed by atoms with Crippen LogP contribution < -0.4 is 19.1 Å². The summed E-state index contributed by atoms with van der Waals surface area (Å²) in [6, 6.07) is 20.6. The molecule has 0 aromatic heterocycles. The maximum absolute atomic E-state index is 14.1. The Morgan fingerprint density at radius 2 is 1.24 bits per heavy atom. The Morgan fingerprint density at radius 3 is 1.68 bits per heavy atom. The van der Waals surface area contributed by atoms with Gasteiger partial charge in [-0.25, -0.2) is 4.90 Å². The second-order valence-electron chi connectivity index (χ2n) is 10.5. The highest BCUT2D eigenvalue weighted by Gasteiger charge is 2.62. The van der Waals surface area contributed by atoms with Crippen molar-refractivity contribution in [3.05, 3.63) is 101 Å². The molecule has 3 aliphatic rings. The van der Waals surface area contributed by atoms with Gasteiger partial charge in [0, 0.05) is 17.4 Å². The minimum atomic E-state index is -0.533. The topological polar surface area (TPSA) is 82.1 Å². The summed E-state index contributed by atoms with van der Waals surface area (Å²) < 4.78 is 16.6. The highest BCUT2D eigenvalue weighted by molar-refractivity contribution is 6.24. The molecule has 3 aromatic carbocycles. The normalized spacial score (nSPS) is 22.2. The third-order valence-corrected chi connectivity index (χ3v) is 8.37. The lowest BCUT2D eigenvalue weighted by Gasteiger charge is -2.23. The lowest BCUT2D eigenvalue weighted by molar-refractivity contribution is -0.123. The SMILES string of the molecule is CCOc1ccc(C(C)=O)cc1N1C(=O)[C@H]2[C@H](C1=O)[C@H]1C=C[C@H]2C1=C(c1ccc(OC)cc1)c1ccc(OC)cc1. The molecule has 2 bridgehead atoms. The van der Waals surface area contributed by atoms with Crippen molar-refractivity contribution >= 4 is 28.9 Å². The molecule has 2 aliphatic carbocycles. The molecule has 1 heterocycles. The Morgan fingerprint density at radius 1 is 0.756 bits per heavy atom. The second-order valence-corrected chi connectivity index (χ2v) is 10.5. The fraction of sp³-hybridized carbons (Fsp3) is 0.265. The van der Waals surface area contributed by atoms with E-state index < -0.39 is 11.8 Å². The van der Waals surface area contributed by atoms with E-state index in [9.17, 15) is 14.4 Å². The van der Waals surface area contributed by atoms with Gasteiger partial charge in [0.15, 0.2) is 5.78 Å². The summed E-state index contributed by atoms with van der Waals surface area (Å²) in [6.45, 7) is 3.66. The summed E-state index contributed by atoms with van der Waals surface area (Å²) in [5.41, 5.74) is 4.79. The van der Waals surface area contributed by atoms with Gasteiger partial charge in [-0.05, 0) is 78.6 Å². The Kier molecular flexibility index (Phi) is 6.73. The van der Waals surface area contributed by atoms with Crippen LogP contribution in [0.25, 0.3) is 5.57 Å². The van der Waals surface area contributed by atoms with Crippen LogP contribution in [0, 0.1) is 23.7 Å². The average Bonchev–Trinajstić information content (AvgIpc) is 3.63. The van der Waals surface area contributed by atoms with Gasteiger partial charge in [0.1, 0.15) is 17.2 Å². The molecule has 1 saturated carbocycles. The van der Waals surface area contributed by atoms with E-state index in [2.05, 4.69) is 12.2 Å². The molecule has 7 heteroatoms. The summed E-state index contributed by atoms with van der Waals surface area (Å²) in [7, 11) is 3.26. The molecule has 0 unspecified atom stereocenters. The monoisotopic (exact) mass is 549 g/mol. The number of rotatable bonds is 8. The first-order valence-corrected chi connectivity index (χ1v) is 13.7. The highest BCUT2D eigenvalue weighted by atomic mass is 16.5. The van der Waals surface area contributed by atoms with Crippen LogP contribution in [0.4, 0.5) is 5.69 Å². The van der Waals surface area contributed by atoms with Crippen LogP contribution >= 0.6 is 0 Å². The Balaban J connectivity index is 1.46. The molecule has 1 saturated heterocycles. The quantitative estimate of drug-likeness (QED) is 0.203. The molecule has 0 N–H and O–H groups in total. The van der Waals surface area contributed by atoms with Crippen LogP contribution in [0.5, 0.6) is 17.2 Å². The number of anilines is 1. The maximum atomic E-state index is 14.1. The fourth-order valence-electron chi connectivity index (χ4n) is 6.54. The number of amides is 2. The van der Waals surface area contributed by atoms with E-state index in [-0.39, 0.29) is 29.4 Å². The molecular weight excluding hydrogens is 518 g/mol. The molecule has 2 amide bonds. The molecular formula is C34H31NO6. The summed E-state index contributed by atoms with van der Waals surface area (Å²) in [4.78, 5) is 41.6. The molecule has 1 aliphatic heterocycles. The Bertz CT molecular complexity index is 1520. The number of carbonyl (C=O) groups excluding carboxylic acids is 3. The summed E-state index contributed by atoms with van der Waals surface area (Å²) in [6.07, 6.45) is 4.14. The van der Waals surface area contributed by atoms with Crippen molar-refractivity contribution in [1.82, 2.24) is 0 Å². The summed E-state index contributed by atoms with van der Waals surface area (Å²) in [5, 5.41) is 0. The van der Waals surface area contributed by atoms with Crippen LogP contribution in [-0.2, 0) is 9.59 Å². The Hall–Kier alpha value is -4.65. The van der Waals surface area contributed by atoms with Gasteiger partial charge >= 0.3 is 0 Å². The van der Waals surface area contributed by atoms with Gasteiger partial charge in [-0.3, -0.25) is 14.4 Å². The fourth-order valence-corrected chi connectivity index (χ4v) is 6.54. The standard InChI is InChI=1S/C34H31NO6/c1-5-41-28-17-10-22(19(2)36)18-27(28)35-33(37)31-25-15-16-26(32(31)34(35)38)30(25)29(20-6-11-23(39-3)12-7-20)21-8-13-24(40-4)14-9-21/h6-18,25-26,31-32H,5H2,1-4H3/t25-,26-,31+,32+/m0/s1. The number of allylic oxidation sites excluding steroid dienone is 3. The lowest BCUT2D eigenvalue weighted by atomic mass is 9.85. The number of carbonyl (C=O) groups is 3. The third-order valence-electron chi connectivity index (χ3n) is 8.37. The van der Waals surface area contributed by atoms with Gasteiger partial charge in [0.25, 0.3) is 0 Å². The van der Waals surface area contributed by atoms with Gasteiger partial charge in [0.05, 0.1) is 38.3 Å². The van der Waals surface area contributed by atoms with E-state index in [0.717, 1.165) is 33.8 Å². The molecule has 0 radical (unpaired) electrons. The lowest BCUT2D eigenvalue weighted by Crippen LogP contribution is -2.34. The number of ether oxygens (including phenoxy) is 3. The first-order chi connectivity index (χ1) is 19.9. The first kappa shape index (κ1) is 26.6. The van der Waals surface area contributed by atoms with Gasteiger partial charge in [-0.15, -0.1) is 0 Å². The average molecular weight is 550 g/mol. The van der Waals surface area contributed by atoms with Gasteiger partial charge < -0.3 is 14.2 Å². The summed E-state index contributed by atoms with van der Waals surface area (Å²) in [5.74, 6) is -0.318. The van der Waals surface area contributed by atoms with E-state index in [1.165, 1.54) is 11.8 Å².